The third-order valence-electron chi connectivity index (χ3n) is 6.99. The molecule has 4 rings (SSSR count). The first kappa shape index (κ1) is 30.2. The summed E-state index contributed by atoms with van der Waals surface area (Å²) in [6.07, 6.45) is 0.767. The summed E-state index contributed by atoms with van der Waals surface area (Å²) in [5, 5.41) is 10.8. The Labute approximate surface area is 244 Å². The highest BCUT2D eigenvalue weighted by molar-refractivity contribution is 6.31. The van der Waals surface area contributed by atoms with Crippen LogP contribution >= 0.6 is 11.6 Å². The maximum atomic E-state index is 14.5. The third kappa shape index (κ3) is 7.91. The Morgan fingerprint density at radius 3 is 2.54 bits per heavy atom. The Hall–Kier alpha value is -3.79. The summed E-state index contributed by atoms with van der Waals surface area (Å²) in [4.78, 5) is 45.8. The maximum absolute atomic E-state index is 14.5. The lowest BCUT2D eigenvalue weighted by atomic mass is 10.0. The molecule has 0 radical (unpaired) electrons. The fourth-order valence-electron chi connectivity index (χ4n) is 4.87. The quantitative estimate of drug-likeness (QED) is 0.466. The second kappa shape index (κ2) is 13.7. The van der Waals surface area contributed by atoms with Crippen molar-refractivity contribution in [1.29, 1.82) is 0 Å². The van der Waals surface area contributed by atoms with Gasteiger partial charge in [0.1, 0.15) is 17.7 Å². The van der Waals surface area contributed by atoms with Gasteiger partial charge in [-0.3, -0.25) is 14.4 Å². The molecule has 0 saturated carbocycles. The van der Waals surface area contributed by atoms with Crippen LogP contribution in [0.2, 0.25) is 5.02 Å². The molecule has 9 nitrogen and oxygen atoms in total. The molecule has 1 aliphatic rings. The molecule has 0 spiro atoms. The third-order valence-corrected chi connectivity index (χ3v) is 7.35. The van der Waals surface area contributed by atoms with Crippen LogP contribution in [0, 0.1) is 11.7 Å². The molecule has 218 valence electrons. The minimum Gasteiger partial charge on any atom is -0.345 e. The topological polar surface area (TPSA) is 109 Å². The lowest BCUT2D eigenvalue weighted by molar-refractivity contribution is -0.132. The molecule has 0 fully saturated rings. The number of halogens is 2. The van der Waals surface area contributed by atoms with E-state index in [1.807, 2.05) is 51.1 Å². The van der Waals surface area contributed by atoms with Gasteiger partial charge in [-0.1, -0.05) is 61.8 Å². The molecule has 3 amide bonds. The van der Waals surface area contributed by atoms with Crippen LogP contribution in [0.1, 0.15) is 57.5 Å². The number of benzene rings is 2. The molecular weight excluding hydrogens is 547 g/mol. The molecule has 0 aliphatic carbocycles. The van der Waals surface area contributed by atoms with Crippen molar-refractivity contribution in [2.24, 2.45) is 5.92 Å². The van der Waals surface area contributed by atoms with E-state index in [9.17, 15) is 18.8 Å². The van der Waals surface area contributed by atoms with Gasteiger partial charge in [0.05, 0.1) is 19.0 Å². The largest absolute Gasteiger partial charge is 0.345 e. The summed E-state index contributed by atoms with van der Waals surface area (Å²) < 4.78 is 16.2. The first-order valence-corrected chi connectivity index (χ1v) is 14.3. The zero-order chi connectivity index (χ0) is 29.5. The number of rotatable bonds is 5. The molecule has 3 aromatic rings. The van der Waals surface area contributed by atoms with Crippen molar-refractivity contribution in [3.63, 3.8) is 0 Å². The van der Waals surface area contributed by atoms with Crippen LogP contribution in [0.25, 0.3) is 11.4 Å². The van der Waals surface area contributed by atoms with E-state index in [1.165, 1.54) is 12.1 Å². The minimum atomic E-state index is -0.709. The van der Waals surface area contributed by atoms with Crippen LogP contribution in [0.5, 0.6) is 0 Å². The SMILES string of the molecule is CC(C)C[C@H]1NC(=O)CCCN(C(=O)Cc2c(F)cccc2Cl)CCn2nc(-c3ccccc3)nc2[C@@H](C)NC1=O. The molecule has 0 unspecified atom stereocenters. The lowest BCUT2D eigenvalue weighted by Crippen LogP contribution is -2.48. The van der Waals surface area contributed by atoms with E-state index in [1.54, 1.807) is 15.6 Å². The Balaban J connectivity index is 1.66. The van der Waals surface area contributed by atoms with E-state index in [0.29, 0.717) is 24.5 Å². The smallest absolute Gasteiger partial charge is 0.243 e. The lowest BCUT2D eigenvalue weighted by Gasteiger charge is -2.26. The van der Waals surface area contributed by atoms with Crippen molar-refractivity contribution in [2.45, 2.75) is 65.1 Å². The molecule has 2 atom stereocenters. The predicted molar refractivity (Wildman–Crippen MR) is 154 cm³/mol. The van der Waals surface area contributed by atoms with Gasteiger partial charge in [-0.05, 0) is 37.8 Å². The summed E-state index contributed by atoms with van der Waals surface area (Å²) in [6, 6.07) is 12.6. The Morgan fingerprint density at radius 1 is 1.07 bits per heavy atom. The normalized spacial score (nSPS) is 18.8. The molecule has 2 heterocycles. The van der Waals surface area contributed by atoms with Gasteiger partial charge in [-0.25, -0.2) is 14.1 Å². The highest BCUT2D eigenvalue weighted by Crippen LogP contribution is 2.22. The number of hydrogen-bond acceptors (Lipinski definition) is 5. The Bertz CT molecular complexity index is 1360. The molecule has 2 aromatic carbocycles. The van der Waals surface area contributed by atoms with Crippen molar-refractivity contribution in [3.8, 4) is 11.4 Å². The number of aromatic nitrogens is 3. The molecular formula is C30H36ClFN6O3. The van der Waals surface area contributed by atoms with Crippen LogP contribution < -0.4 is 10.6 Å². The molecule has 0 saturated heterocycles. The van der Waals surface area contributed by atoms with E-state index in [2.05, 4.69) is 10.6 Å². The molecule has 2 N–H and O–H groups in total. The van der Waals surface area contributed by atoms with Crippen LogP contribution in [-0.2, 0) is 27.3 Å². The van der Waals surface area contributed by atoms with Gasteiger partial charge in [0.15, 0.2) is 5.82 Å². The number of carbonyl (C=O) groups is 3. The fourth-order valence-corrected chi connectivity index (χ4v) is 5.10. The summed E-state index contributed by atoms with van der Waals surface area (Å²) in [5.74, 6) is -0.220. The minimum absolute atomic E-state index is 0.133. The van der Waals surface area contributed by atoms with Crippen molar-refractivity contribution >= 4 is 29.3 Å². The first-order valence-electron chi connectivity index (χ1n) is 13.9. The number of nitrogens with one attached hydrogen (secondary N) is 2. The average molecular weight is 583 g/mol. The molecule has 1 aromatic heterocycles. The second-order valence-corrected chi connectivity index (χ2v) is 11.1. The van der Waals surface area contributed by atoms with Gasteiger partial charge in [0.2, 0.25) is 17.7 Å². The summed E-state index contributed by atoms with van der Waals surface area (Å²) in [7, 11) is 0. The van der Waals surface area contributed by atoms with Gasteiger partial charge in [0.25, 0.3) is 0 Å². The molecule has 0 bridgehead atoms. The predicted octanol–water partition coefficient (Wildman–Crippen LogP) is 4.31. The van der Waals surface area contributed by atoms with Gasteiger partial charge in [-0.2, -0.15) is 5.10 Å². The van der Waals surface area contributed by atoms with Crippen LogP contribution in [0.4, 0.5) is 4.39 Å². The molecule has 1 aliphatic heterocycles. The number of nitrogens with zero attached hydrogens (tertiary/aromatic N) is 4. The summed E-state index contributed by atoms with van der Waals surface area (Å²) in [5.41, 5.74) is 0.952. The number of hydrogen-bond donors (Lipinski definition) is 2. The van der Waals surface area contributed by atoms with Crippen LogP contribution in [0.3, 0.4) is 0 Å². The molecule has 11 heteroatoms. The van der Waals surface area contributed by atoms with Gasteiger partial charge in [-0.15, -0.1) is 0 Å². The van der Waals surface area contributed by atoms with E-state index >= 15 is 0 Å². The highest BCUT2D eigenvalue weighted by Gasteiger charge is 2.27. The number of fused-ring (bicyclic) bond motifs is 1. The Morgan fingerprint density at radius 2 is 1.83 bits per heavy atom. The summed E-state index contributed by atoms with van der Waals surface area (Å²) in [6.45, 7) is 6.59. The first-order chi connectivity index (χ1) is 19.6. The van der Waals surface area contributed by atoms with E-state index in [-0.39, 0.29) is 66.7 Å². The van der Waals surface area contributed by atoms with Crippen molar-refractivity contribution in [3.05, 3.63) is 70.8 Å². The van der Waals surface area contributed by atoms with Crippen LogP contribution in [0.15, 0.2) is 48.5 Å². The van der Waals surface area contributed by atoms with Gasteiger partial charge in [0, 0.05) is 35.7 Å². The van der Waals surface area contributed by atoms with E-state index in [4.69, 9.17) is 21.7 Å². The fraction of sp³-hybridized carbons (Fsp3) is 0.433. The van der Waals surface area contributed by atoms with Gasteiger partial charge >= 0.3 is 0 Å². The zero-order valence-electron chi connectivity index (χ0n) is 23.6. The van der Waals surface area contributed by atoms with E-state index < -0.39 is 17.9 Å². The second-order valence-electron chi connectivity index (χ2n) is 10.7. The van der Waals surface area contributed by atoms with Gasteiger partial charge < -0.3 is 15.5 Å². The Kier molecular flexibility index (Phi) is 10.1. The standard InChI is InChI=1S/C30H36ClFN6O3/c1-19(2)17-25-30(41)33-20(3)29-35-28(21-9-5-4-6-10-21)36-38(29)16-15-37(14-8-13-26(39)34-25)27(40)18-22-23(31)11-7-12-24(22)32/h4-7,9-12,19-20,25H,8,13-18H2,1-3H3,(H,33,41)(H,34,39)/t20-,25-/m1/s1. The highest BCUT2D eigenvalue weighted by atomic mass is 35.5. The van der Waals surface area contributed by atoms with Crippen molar-refractivity contribution < 1.29 is 18.8 Å². The van der Waals surface area contributed by atoms with Crippen molar-refractivity contribution in [2.75, 3.05) is 13.1 Å². The number of carbonyl (C=O) groups excluding carboxylic acids is 3. The van der Waals surface area contributed by atoms with Crippen molar-refractivity contribution in [1.82, 2.24) is 30.3 Å². The molecule has 41 heavy (non-hydrogen) atoms. The zero-order valence-corrected chi connectivity index (χ0v) is 24.3. The van der Waals surface area contributed by atoms with E-state index in [0.717, 1.165) is 5.56 Å². The maximum Gasteiger partial charge on any atom is 0.243 e. The number of amides is 3. The monoisotopic (exact) mass is 582 g/mol. The van der Waals surface area contributed by atoms with Crippen LogP contribution in [-0.4, -0.2) is 56.5 Å². The summed E-state index contributed by atoms with van der Waals surface area (Å²) >= 11 is 6.20. The average Bonchev–Trinajstić information content (AvgIpc) is 3.36.